The fourth-order valence-corrected chi connectivity index (χ4v) is 1.65. The molecule has 0 bridgehead atoms. The van der Waals surface area contributed by atoms with Crippen molar-refractivity contribution in [3.63, 3.8) is 0 Å². The number of methoxy groups -OCH3 is 3. The number of carbonyl (C=O) groups is 2. The Hall–Kier alpha value is -2.45. The minimum atomic E-state index is -5.32. The predicted octanol–water partition coefficient (Wildman–Crippen LogP) is 1.61. The average molecular weight is 307 g/mol. The van der Waals surface area contributed by atoms with Crippen molar-refractivity contribution in [3.05, 3.63) is 11.6 Å². The minimum Gasteiger partial charge on any atom is -0.493 e. The molecule has 9 heteroatoms. The maximum absolute atomic E-state index is 12.4. The number of halogens is 3. The van der Waals surface area contributed by atoms with Crippen LogP contribution in [0.4, 0.5) is 18.9 Å². The van der Waals surface area contributed by atoms with E-state index in [4.69, 9.17) is 19.9 Å². The fraction of sp³-hybridized carbons (Fsp3) is 0.333. The van der Waals surface area contributed by atoms with E-state index in [0.29, 0.717) is 0 Å². The smallest absolute Gasteiger partial charge is 0.458 e. The number of anilines is 1. The van der Waals surface area contributed by atoms with Crippen LogP contribution in [0.2, 0.25) is 0 Å². The number of nitrogen functional groups attached to an aromatic ring is 1. The van der Waals surface area contributed by atoms with Gasteiger partial charge in [-0.15, -0.1) is 0 Å². The van der Waals surface area contributed by atoms with E-state index in [1.54, 1.807) is 0 Å². The highest BCUT2D eigenvalue weighted by Gasteiger charge is 2.45. The van der Waals surface area contributed by atoms with Gasteiger partial charge in [-0.25, -0.2) is 0 Å². The molecule has 21 heavy (non-hydrogen) atoms. The van der Waals surface area contributed by atoms with Crippen molar-refractivity contribution in [2.24, 2.45) is 0 Å². The topological polar surface area (TPSA) is 87.9 Å². The van der Waals surface area contributed by atoms with Crippen LogP contribution < -0.4 is 19.9 Å². The molecule has 0 saturated carbocycles. The van der Waals surface area contributed by atoms with E-state index < -0.39 is 34.7 Å². The zero-order valence-electron chi connectivity index (χ0n) is 11.3. The lowest BCUT2D eigenvalue weighted by Gasteiger charge is -2.17. The summed E-state index contributed by atoms with van der Waals surface area (Å²) >= 11 is 0. The number of alkyl halides is 3. The molecule has 0 amide bonds. The lowest BCUT2D eigenvalue weighted by Crippen LogP contribution is -2.31. The number of hydrogen-bond donors (Lipinski definition) is 1. The first-order valence-electron chi connectivity index (χ1n) is 5.43. The Morgan fingerprint density at radius 3 is 1.95 bits per heavy atom. The van der Waals surface area contributed by atoms with Gasteiger partial charge in [0.05, 0.1) is 32.6 Å². The van der Waals surface area contributed by atoms with E-state index in [0.717, 1.165) is 13.2 Å². The van der Waals surface area contributed by atoms with Gasteiger partial charge in [-0.2, -0.15) is 13.2 Å². The van der Waals surface area contributed by atoms with Gasteiger partial charge in [0.2, 0.25) is 11.5 Å². The molecule has 1 rings (SSSR count). The molecule has 0 saturated heterocycles. The molecule has 0 fully saturated rings. The summed E-state index contributed by atoms with van der Waals surface area (Å²) < 4.78 is 51.8. The van der Waals surface area contributed by atoms with E-state index in [1.165, 1.54) is 14.2 Å². The minimum absolute atomic E-state index is 0.0443. The molecule has 0 aliphatic rings. The first-order valence-corrected chi connectivity index (χ1v) is 5.43. The summed E-state index contributed by atoms with van der Waals surface area (Å²) in [6, 6.07) is 1.07. The fourth-order valence-electron chi connectivity index (χ4n) is 1.65. The summed E-state index contributed by atoms with van der Waals surface area (Å²) in [6.07, 6.45) is -5.32. The van der Waals surface area contributed by atoms with Crippen LogP contribution in [0.1, 0.15) is 10.4 Å². The quantitative estimate of drug-likeness (QED) is 0.505. The molecule has 0 heterocycles. The van der Waals surface area contributed by atoms with Gasteiger partial charge in [0.1, 0.15) is 0 Å². The van der Waals surface area contributed by atoms with Crippen LogP contribution in [0.5, 0.6) is 17.2 Å². The second-order valence-electron chi connectivity index (χ2n) is 3.77. The van der Waals surface area contributed by atoms with Crippen molar-refractivity contribution < 1.29 is 37.0 Å². The highest BCUT2D eigenvalue weighted by molar-refractivity contribution is 6.47. The molecule has 2 N–H and O–H groups in total. The lowest BCUT2D eigenvalue weighted by molar-refractivity contribution is -0.165. The molecule has 1 aromatic rings. The third-order valence-corrected chi connectivity index (χ3v) is 2.55. The largest absolute Gasteiger partial charge is 0.493 e. The Labute approximate surface area is 117 Å². The number of ketones is 2. The Morgan fingerprint density at radius 2 is 1.57 bits per heavy atom. The van der Waals surface area contributed by atoms with Crippen LogP contribution in [-0.2, 0) is 4.79 Å². The van der Waals surface area contributed by atoms with E-state index in [1.807, 2.05) is 0 Å². The molecule has 0 unspecified atom stereocenters. The highest BCUT2D eigenvalue weighted by atomic mass is 19.4. The maximum Gasteiger partial charge on any atom is 0.458 e. The van der Waals surface area contributed by atoms with E-state index >= 15 is 0 Å². The van der Waals surface area contributed by atoms with Gasteiger partial charge in [0.15, 0.2) is 11.5 Å². The molecule has 6 nitrogen and oxygen atoms in total. The Bertz CT molecular complexity index is 583. The second-order valence-corrected chi connectivity index (χ2v) is 3.77. The van der Waals surface area contributed by atoms with Gasteiger partial charge in [-0.3, -0.25) is 9.59 Å². The summed E-state index contributed by atoms with van der Waals surface area (Å²) in [4.78, 5) is 22.8. The normalized spacial score (nSPS) is 11.0. The van der Waals surface area contributed by atoms with Crippen LogP contribution in [-0.4, -0.2) is 39.1 Å². The number of rotatable bonds is 5. The average Bonchev–Trinajstić information content (AvgIpc) is 2.43. The van der Waals surface area contributed by atoms with Gasteiger partial charge in [0, 0.05) is 6.07 Å². The Morgan fingerprint density at radius 1 is 1.05 bits per heavy atom. The van der Waals surface area contributed by atoms with Crippen LogP contribution in [0.25, 0.3) is 0 Å². The van der Waals surface area contributed by atoms with E-state index in [2.05, 4.69) is 0 Å². The van der Waals surface area contributed by atoms with Crippen LogP contribution in [0.3, 0.4) is 0 Å². The molecule has 0 radical (unpaired) electrons. The summed E-state index contributed by atoms with van der Waals surface area (Å²) in [5.74, 6) is -4.90. The third-order valence-electron chi connectivity index (χ3n) is 2.55. The maximum atomic E-state index is 12.4. The molecular formula is C12H12F3NO5. The van der Waals surface area contributed by atoms with Crippen molar-refractivity contribution in [1.29, 1.82) is 0 Å². The van der Waals surface area contributed by atoms with Crippen molar-refractivity contribution in [1.82, 2.24) is 0 Å². The van der Waals surface area contributed by atoms with Crippen LogP contribution >= 0.6 is 0 Å². The first-order chi connectivity index (χ1) is 9.68. The first kappa shape index (κ1) is 16.6. The number of carbonyl (C=O) groups excluding carboxylic acids is 2. The lowest BCUT2D eigenvalue weighted by atomic mass is 10.0. The summed E-state index contributed by atoms with van der Waals surface area (Å²) in [7, 11) is 3.54. The monoisotopic (exact) mass is 307 g/mol. The predicted molar refractivity (Wildman–Crippen MR) is 65.9 cm³/mol. The Balaban J connectivity index is 3.56. The molecule has 0 aliphatic heterocycles. The molecule has 116 valence electrons. The van der Waals surface area contributed by atoms with Crippen molar-refractivity contribution in [3.8, 4) is 17.2 Å². The van der Waals surface area contributed by atoms with Crippen molar-refractivity contribution >= 4 is 17.3 Å². The summed E-state index contributed by atoms with van der Waals surface area (Å²) in [5, 5.41) is 0. The zero-order chi connectivity index (χ0) is 16.4. The molecule has 1 aromatic carbocycles. The number of ether oxygens (including phenoxy) is 3. The van der Waals surface area contributed by atoms with Crippen molar-refractivity contribution in [2.45, 2.75) is 6.18 Å². The number of nitrogens with two attached hydrogens (primary N) is 1. The van der Waals surface area contributed by atoms with E-state index in [-0.39, 0.29) is 11.5 Å². The van der Waals surface area contributed by atoms with Gasteiger partial charge in [-0.1, -0.05) is 0 Å². The third kappa shape index (κ3) is 3.01. The molecule has 0 aliphatic carbocycles. The van der Waals surface area contributed by atoms with Gasteiger partial charge in [0.25, 0.3) is 0 Å². The number of hydrogen-bond acceptors (Lipinski definition) is 6. The highest BCUT2D eigenvalue weighted by Crippen LogP contribution is 2.43. The summed E-state index contributed by atoms with van der Waals surface area (Å²) in [5.41, 5.74) is 4.40. The Kier molecular flexibility index (Phi) is 4.66. The molecule has 0 spiro atoms. The van der Waals surface area contributed by atoms with Gasteiger partial charge in [-0.05, 0) is 0 Å². The van der Waals surface area contributed by atoms with Crippen molar-refractivity contribution in [2.75, 3.05) is 27.1 Å². The summed E-state index contributed by atoms with van der Waals surface area (Å²) in [6.45, 7) is 0. The SMILES string of the molecule is COc1cc(N)c(C(=O)C(=O)C(F)(F)F)c(OC)c1OC. The second kappa shape index (κ2) is 5.90. The van der Waals surface area contributed by atoms with E-state index in [9.17, 15) is 22.8 Å². The van der Waals surface area contributed by atoms with Gasteiger partial charge >= 0.3 is 12.0 Å². The molecule has 0 aromatic heterocycles. The van der Waals surface area contributed by atoms with Crippen LogP contribution in [0, 0.1) is 0 Å². The van der Waals surface area contributed by atoms with Gasteiger partial charge < -0.3 is 19.9 Å². The number of benzene rings is 1. The van der Waals surface area contributed by atoms with Crippen LogP contribution in [0.15, 0.2) is 6.07 Å². The molecule has 0 atom stereocenters. The molecular weight excluding hydrogens is 295 g/mol. The zero-order valence-corrected chi connectivity index (χ0v) is 11.3. The number of Topliss-reactive ketones (excluding diaryl/α,β-unsaturated/α-hetero) is 2. The standard InChI is InChI=1S/C12H12F3NO5/c1-19-6-4-5(16)7(10(21-3)9(6)20-2)8(17)11(18)12(13,14)15/h4H,16H2,1-3H3.